The minimum atomic E-state index is -0.857. The highest BCUT2D eigenvalue weighted by Crippen LogP contribution is 2.31. The van der Waals surface area contributed by atoms with Gasteiger partial charge >= 0.3 is 0 Å². The van der Waals surface area contributed by atoms with E-state index in [1.54, 1.807) is 48.5 Å². The van der Waals surface area contributed by atoms with Crippen LogP contribution >= 0.6 is 12.4 Å². The van der Waals surface area contributed by atoms with Gasteiger partial charge in [-0.2, -0.15) is 0 Å². The van der Waals surface area contributed by atoms with Gasteiger partial charge in [-0.25, -0.2) is 4.90 Å². The van der Waals surface area contributed by atoms with E-state index in [1.165, 1.54) is 0 Å². The zero-order valence-corrected chi connectivity index (χ0v) is 16.1. The van der Waals surface area contributed by atoms with Gasteiger partial charge in [-0.15, -0.1) is 12.4 Å². The molecular formula is C21H22ClN3O3. The first-order chi connectivity index (χ1) is 13.0. The van der Waals surface area contributed by atoms with E-state index in [2.05, 4.69) is 5.32 Å². The van der Waals surface area contributed by atoms with Gasteiger partial charge in [0.1, 0.15) is 0 Å². The fraction of sp³-hybridized carbons (Fsp3) is 0.286. The van der Waals surface area contributed by atoms with Crippen molar-refractivity contribution < 1.29 is 14.4 Å². The molecule has 3 N–H and O–H groups in total. The summed E-state index contributed by atoms with van der Waals surface area (Å²) in [6, 6.07) is 13.5. The molecule has 2 aromatic carbocycles. The third-order valence-corrected chi connectivity index (χ3v) is 5.35. The number of benzene rings is 2. The molecule has 0 bridgehead atoms. The summed E-state index contributed by atoms with van der Waals surface area (Å²) in [6.07, 6.45) is 4.31. The highest BCUT2D eigenvalue weighted by molar-refractivity contribution is 6.34. The largest absolute Gasteiger partial charge is 0.324 e. The predicted octanol–water partition coefficient (Wildman–Crippen LogP) is 3.51. The Kier molecular flexibility index (Phi) is 5.54. The minimum Gasteiger partial charge on any atom is -0.324 e. The molecule has 3 amide bonds. The molecule has 0 spiro atoms. The number of nitrogens with one attached hydrogen (secondary N) is 1. The molecule has 1 aliphatic heterocycles. The summed E-state index contributed by atoms with van der Waals surface area (Å²) in [5, 5.41) is 2.85. The fourth-order valence-electron chi connectivity index (χ4n) is 3.81. The second kappa shape index (κ2) is 7.73. The zero-order chi connectivity index (χ0) is 19.0. The Morgan fingerprint density at radius 3 is 2.14 bits per heavy atom. The second-order valence-corrected chi connectivity index (χ2v) is 7.21. The molecule has 146 valence electrons. The average molecular weight is 400 g/mol. The smallest absolute Gasteiger partial charge is 0.266 e. The summed E-state index contributed by atoms with van der Waals surface area (Å²) < 4.78 is 0. The van der Waals surface area contributed by atoms with Crippen LogP contribution in [0.15, 0.2) is 48.5 Å². The van der Waals surface area contributed by atoms with Gasteiger partial charge in [-0.1, -0.05) is 37.5 Å². The van der Waals surface area contributed by atoms with Crippen molar-refractivity contribution >= 4 is 41.5 Å². The van der Waals surface area contributed by atoms with Crippen LogP contribution in [-0.2, 0) is 4.79 Å². The number of carbonyl (C=O) groups excluding carboxylic acids is 3. The van der Waals surface area contributed by atoms with Crippen LogP contribution < -0.4 is 16.0 Å². The van der Waals surface area contributed by atoms with E-state index < -0.39 is 5.54 Å². The lowest BCUT2D eigenvalue weighted by molar-refractivity contribution is -0.122. The number of nitrogens with two attached hydrogens (primary N) is 1. The Labute approximate surface area is 169 Å². The van der Waals surface area contributed by atoms with Gasteiger partial charge in [0.15, 0.2) is 0 Å². The third kappa shape index (κ3) is 3.41. The average Bonchev–Trinajstić information content (AvgIpc) is 2.93. The summed E-state index contributed by atoms with van der Waals surface area (Å²) in [5.74, 6) is -0.940. The monoisotopic (exact) mass is 399 g/mol. The van der Waals surface area contributed by atoms with Crippen molar-refractivity contribution in [1.82, 2.24) is 0 Å². The van der Waals surface area contributed by atoms with Crippen LogP contribution in [0, 0.1) is 0 Å². The first kappa shape index (κ1) is 20.0. The van der Waals surface area contributed by atoms with E-state index in [-0.39, 0.29) is 30.1 Å². The molecule has 2 aromatic rings. The summed E-state index contributed by atoms with van der Waals surface area (Å²) in [6.45, 7) is 0. The van der Waals surface area contributed by atoms with Crippen molar-refractivity contribution in [2.45, 2.75) is 37.6 Å². The topological polar surface area (TPSA) is 92.5 Å². The van der Waals surface area contributed by atoms with Crippen molar-refractivity contribution in [2.75, 3.05) is 10.2 Å². The number of fused-ring (bicyclic) bond motifs is 1. The first-order valence-electron chi connectivity index (χ1n) is 9.18. The van der Waals surface area contributed by atoms with Crippen molar-refractivity contribution in [3.8, 4) is 0 Å². The molecule has 0 aromatic heterocycles. The van der Waals surface area contributed by atoms with E-state index in [0.717, 1.165) is 24.2 Å². The lowest BCUT2D eigenvalue weighted by atomic mass is 9.82. The van der Waals surface area contributed by atoms with Gasteiger partial charge in [0.2, 0.25) is 5.91 Å². The molecule has 6 nitrogen and oxygen atoms in total. The van der Waals surface area contributed by atoms with Crippen LogP contribution in [-0.4, -0.2) is 23.3 Å². The van der Waals surface area contributed by atoms with Crippen molar-refractivity contribution in [2.24, 2.45) is 5.73 Å². The number of rotatable bonds is 3. The Morgan fingerprint density at radius 2 is 1.54 bits per heavy atom. The molecule has 0 atom stereocenters. The molecule has 28 heavy (non-hydrogen) atoms. The van der Waals surface area contributed by atoms with E-state index in [1.807, 2.05) is 0 Å². The number of carbonyl (C=O) groups is 3. The van der Waals surface area contributed by atoms with E-state index in [0.29, 0.717) is 35.3 Å². The standard InChI is InChI=1S/C21H21N3O3.ClH/c22-21(11-4-1-5-12-21)20(27)23-14-7-6-8-15(13-14)24-18(25)16-9-2-3-10-17(16)19(24)26;/h2-3,6-10,13H,1,4-5,11-12,22H2,(H,23,27);1H. The fourth-order valence-corrected chi connectivity index (χ4v) is 3.81. The summed E-state index contributed by atoms with van der Waals surface area (Å²) in [4.78, 5) is 39.1. The third-order valence-electron chi connectivity index (χ3n) is 5.35. The number of anilines is 2. The van der Waals surface area contributed by atoms with E-state index in [9.17, 15) is 14.4 Å². The van der Waals surface area contributed by atoms with Crippen LogP contribution in [0.25, 0.3) is 0 Å². The van der Waals surface area contributed by atoms with Gasteiger partial charge < -0.3 is 11.1 Å². The Bertz CT molecular complexity index is 903. The van der Waals surface area contributed by atoms with Crippen LogP contribution in [0.2, 0.25) is 0 Å². The molecule has 4 rings (SSSR count). The van der Waals surface area contributed by atoms with Crippen LogP contribution in [0.4, 0.5) is 11.4 Å². The Morgan fingerprint density at radius 1 is 0.929 bits per heavy atom. The Balaban J connectivity index is 0.00000225. The van der Waals surface area contributed by atoms with Crippen molar-refractivity contribution in [1.29, 1.82) is 0 Å². The summed E-state index contributed by atoms with van der Waals surface area (Å²) >= 11 is 0. The Hall–Kier alpha value is -2.70. The number of hydrogen-bond acceptors (Lipinski definition) is 4. The predicted molar refractivity (Wildman–Crippen MR) is 110 cm³/mol. The lowest BCUT2D eigenvalue weighted by Gasteiger charge is -2.31. The molecule has 7 heteroatoms. The highest BCUT2D eigenvalue weighted by atomic mass is 35.5. The normalized spacial score (nSPS) is 17.7. The molecule has 0 unspecified atom stereocenters. The van der Waals surface area contributed by atoms with Gasteiger partial charge in [-0.3, -0.25) is 14.4 Å². The molecule has 0 radical (unpaired) electrons. The molecule has 1 aliphatic carbocycles. The molecule has 0 saturated heterocycles. The SMILES string of the molecule is Cl.NC1(C(=O)Nc2cccc(N3C(=O)c4ccccc4C3=O)c2)CCCCC1. The number of hydrogen-bond donors (Lipinski definition) is 2. The number of halogens is 1. The maximum Gasteiger partial charge on any atom is 0.266 e. The molecule has 1 heterocycles. The molecule has 1 saturated carbocycles. The second-order valence-electron chi connectivity index (χ2n) is 7.21. The van der Waals surface area contributed by atoms with Crippen LogP contribution in [0.3, 0.4) is 0 Å². The molecule has 2 aliphatic rings. The number of amides is 3. The minimum absolute atomic E-state index is 0. The first-order valence-corrected chi connectivity index (χ1v) is 9.18. The summed E-state index contributed by atoms with van der Waals surface area (Å²) in [5.41, 5.74) is 7.14. The van der Waals surface area contributed by atoms with Gasteiger partial charge in [0.05, 0.1) is 22.4 Å². The molecular weight excluding hydrogens is 378 g/mol. The quantitative estimate of drug-likeness (QED) is 0.772. The van der Waals surface area contributed by atoms with E-state index >= 15 is 0 Å². The van der Waals surface area contributed by atoms with E-state index in [4.69, 9.17) is 5.73 Å². The maximum absolute atomic E-state index is 12.6. The van der Waals surface area contributed by atoms with Crippen LogP contribution in [0.1, 0.15) is 52.8 Å². The number of nitrogens with zero attached hydrogens (tertiary/aromatic N) is 1. The zero-order valence-electron chi connectivity index (χ0n) is 15.3. The van der Waals surface area contributed by atoms with Crippen LogP contribution in [0.5, 0.6) is 0 Å². The van der Waals surface area contributed by atoms with Gasteiger partial charge in [0, 0.05) is 5.69 Å². The maximum atomic E-state index is 12.6. The molecule has 1 fully saturated rings. The summed E-state index contributed by atoms with van der Waals surface area (Å²) in [7, 11) is 0. The highest BCUT2D eigenvalue weighted by Gasteiger charge is 2.37. The lowest BCUT2D eigenvalue weighted by Crippen LogP contribution is -2.52. The van der Waals surface area contributed by atoms with Gasteiger partial charge in [0.25, 0.3) is 11.8 Å². The van der Waals surface area contributed by atoms with Gasteiger partial charge in [-0.05, 0) is 43.2 Å². The van der Waals surface area contributed by atoms with Crippen molar-refractivity contribution in [3.63, 3.8) is 0 Å². The van der Waals surface area contributed by atoms with Crippen molar-refractivity contribution in [3.05, 3.63) is 59.7 Å². The number of imide groups is 1.